The third-order valence-electron chi connectivity index (χ3n) is 3.15. The Morgan fingerprint density at radius 3 is 2.30 bits per heavy atom. The molecule has 110 valence electrons. The van der Waals surface area contributed by atoms with E-state index in [1.54, 1.807) is 0 Å². The van der Waals surface area contributed by atoms with Gasteiger partial charge in [0.2, 0.25) is 5.91 Å². The number of hydrogen-bond donors (Lipinski definition) is 1. The fourth-order valence-electron chi connectivity index (χ4n) is 1.95. The topological polar surface area (TPSA) is 46.2 Å². The van der Waals surface area contributed by atoms with Crippen molar-refractivity contribution in [2.45, 2.75) is 46.0 Å². The van der Waals surface area contributed by atoms with E-state index < -0.39 is 0 Å². The third kappa shape index (κ3) is 4.75. The molecule has 0 aliphatic rings. The molecule has 1 aromatic carbocycles. The third-order valence-corrected chi connectivity index (χ3v) is 3.77. The summed E-state index contributed by atoms with van der Waals surface area (Å²) in [7, 11) is 0. The number of carbonyl (C=O) groups excluding carboxylic acids is 2. The minimum Gasteiger partial charge on any atom is -0.325 e. The van der Waals surface area contributed by atoms with Gasteiger partial charge in [0.1, 0.15) is 0 Å². The van der Waals surface area contributed by atoms with Crippen molar-refractivity contribution in [3.8, 4) is 0 Å². The molecule has 0 saturated carbocycles. The molecule has 0 atom stereocenters. The van der Waals surface area contributed by atoms with Crippen LogP contribution >= 0.6 is 15.9 Å². The van der Waals surface area contributed by atoms with Crippen LogP contribution in [-0.2, 0) is 9.59 Å². The molecule has 0 radical (unpaired) electrons. The normalized spacial score (nSPS) is 10.9. The lowest BCUT2D eigenvalue weighted by Gasteiger charge is -2.17. The summed E-state index contributed by atoms with van der Waals surface area (Å²) in [4.78, 5) is 23.1. The lowest BCUT2D eigenvalue weighted by molar-refractivity contribution is -0.123. The van der Waals surface area contributed by atoms with Crippen LogP contribution in [0.1, 0.15) is 57.1 Å². The van der Waals surface area contributed by atoms with Gasteiger partial charge in [0, 0.05) is 5.69 Å². The van der Waals surface area contributed by atoms with Crippen LogP contribution < -0.4 is 5.32 Å². The van der Waals surface area contributed by atoms with Gasteiger partial charge in [-0.15, -0.1) is 0 Å². The van der Waals surface area contributed by atoms with Crippen molar-refractivity contribution in [3.05, 3.63) is 29.3 Å². The monoisotopic (exact) mass is 339 g/mol. The molecule has 0 unspecified atom stereocenters. The van der Waals surface area contributed by atoms with Gasteiger partial charge in [-0.1, -0.05) is 55.8 Å². The highest BCUT2D eigenvalue weighted by atomic mass is 79.9. The highest BCUT2D eigenvalue weighted by Gasteiger charge is 2.13. The molecule has 0 aliphatic carbocycles. The molecule has 0 fully saturated rings. The predicted octanol–water partition coefficient (Wildman–Crippen LogP) is 4.23. The highest BCUT2D eigenvalue weighted by molar-refractivity contribution is 9.09. The molecular weight excluding hydrogens is 318 g/mol. The number of carbonyl (C=O) groups is 2. The molecule has 0 heterocycles. The number of ketones is 1. The maximum absolute atomic E-state index is 11.8. The Balaban J connectivity index is 2.94. The molecule has 0 aromatic heterocycles. The second-order valence-electron chi connectivity index (χ2n) is 5.55. The first-order chi connectivity index (χ1) is 9.35. The van der Waals surface area contributed by atoms with E-state index in [4.69, 9.17) is 0 Å². The standard InChI is InChI=1S/C16H22BrNO2/c1-10(2)12-5-6-15(14(7-12)11(3)4)18-16(20)8-13(19)9-17/h5-7,10-11H,8-9H2,1-4H3,(H,18,20). The summed E-state index contributed by atoms with van der Waals surface area (Å²) in [6.07, 6.45) is -0.0886. The smallest absolute Gasteiger partial charge is 0.231 e. The Morgan fingerprint density at radius 1 is 1.15 bits per heavy atom. The summed E-state index contributed by atoms with van der Waals surface area (Å²) in [5.74, 6) is 0.393. The van der Waals surface area contributed by atoms with E-state index in [1.165, 1.54) is 5.56 Å². The van der Waals surface area contributed by atoms with Crippen molar-refractivity contribution in [2.24, 2.45) is 0 Å². The number of Topliss-reactive ketones (excluding diaryl/α,β-unsaturated/α-hetero) is 1. The quantitative estimate of drug-likeness (QED) is 0.622. The molecular formula is C16H22BrNO2. The lowest BCUT2D eigenvalue weighted by atomic mass is 9.94. The molecule has 20 heavy (non-hydrogen) atoms. The molecule has 1 aromatic rings. The van der Waals surface area contributed by atoms with E-state index in [2.05, 4.69) is 55.0 Å². The Morgan fingerprint density at radius 2 is 1.80 bits per heavy atom. The Bertz CT molecular complexity index is 495. The van der Waals surface area contributed by atoms with Gasteiger partial charge < -0.3 is 5.32 Å². The summed E-state index contributed by atoms with van der Waals surface area (Å²) >= 11 is 3.06. The molecule has 1 amide bonds. The second-order valence-corrected chi connectivity index (χ2v) is 6.11. The van der Waals surface area contributed by atoms with Gasteiger partial charge in [-0.3, -0.25) is 9.59 Å². The first-order valence-electron chi connectivity index (χ1n) is 6.86. The molecule has 0 saturated heterocycles. The van der Waals surface area contributed by atoms with Crippen LogP contribution in [0.15, 0.2) is 18.2 Å². The second kappa shape index (κ2) is 7.58. The summed E-state index contributed by atoms with van der Waals surface area (Å²) in [6.45, 7) is 8.48. The van der Waals surface area contributed by atoms with Gasteiger partial charge in [0.15, 0.2) is 5.78 Å². The Kier molecular flexibility index (Phi) is 6.40. The van der Waals surface area contributed by atoms with Crippen molar-refractivity contribution < 1.29 is 9.59 Å². The van der Waals surface area contributed by atoms with E-state index in [0.717, 1.165) is 11.3 Å². The average molecular weight is 340 g/mol. The van der Waals surface area contributed by atoms with Gasteiger partial charge >= 0.3 is 0 Å². The predicted molar refractivity (Wildman–Crippen MR) is 86.7 cm³/mol. The van der Waals surface area contributed by atoms with Gasteiger partial charge in [-0.05, 0) is 29.0 Å². The van der Waals surface area contributed by atoms with Crippen molar-refractivity contribution >= 4 is 33.3 Å². The number of hydrogen-bond acceptors (Lipinski definition) is 2. The van der Waals surface area contributed by atoms with E-state index in [9.17, 15) is 9.59 Å². The van der Waals surface area contributed by atoms with Gasteiger partial charge in [0.05, 0.1) is 11.8 Å². The largest absolute Gasteiger partial charge is 0.325 e. The zero-order valence-corrected chi connectivity index (χ0v) is 14.1. The minimum atomic E-state index is -0.256. The van der Waals surface area contributed by atoms with Crippen LogP contribution in [0, 0.1) is 0 Å². The fourth-order valence-corrected chi connectivity index (χ4v) is 2.15. The van der Waals surface area contributed by atoms with Gasteiger partial charge in [-0.2, -0.15) is 0 Å². The van der Waals surface area contributed by atoms with Crippen molar-refractivity contribution in [1.29, 1.82) is 0 Å². The number of halogens is 1. The molecule has 0 spiro atoms. The van der Waals surface area contributed by atoms with Crippen molar-refractivity contribution in [1.82, 2.24) is 0 Å². The first-order valence-corrected chi connectivity index (χ1v) is 7.98. The SMILES string of the molecule is CC(C)c1ccc(NC(=O)CC(=O)CBr)c(C(C)C)c1. The average Bonchev–Trinajstić information content (AvgIpc) is 2.38. The van der Waals surface area contributed by atoms with E-state index in [1.807, 2.05) is 12.1 Å². The van der Waals surface area contributed by atoms with Crippen LogP contribution in [0.3, 0.4) is 0 Å². The summed E-state index contributed by atoms with van der Waals surface area (Å²) in [5.41, 5.74) is 3.16. The first kappa shape index (κ1) is 16.9. The molecule has 1 N–H and O–H groups in total. The maximum atomic E-state index is 11.8. The lowest BCUT2D eigenvalue weighted by Crippen LogP contribution is -2.18. The van der Waals surface area contributed by atoms with Crippen LogP contribution in [-0.4, -0.2) is 17.0 Å². The molecule has 1 rings (SSSR count). The maximum Gasteiger partial charge on any atom is 0.231 e. The Labute approximate surface area is 129 Å². The number of benzene rings is 1. The number of nitrogens with one attached hydrogen (secondary N) is 1. The van der Waals surface area contributed by atoms with Crippen LogP contribution in [0.2, 0.25) is 0 Å². The van der Waals surface area contributed by atoms with E-state index in [-0.39, 0.29) is 23.4 Å². The molecule has 0 aliphatic heterocycles. The van der Waals surface area contributed by atoms with Crippen molar-refractivity contribution in [3.63, 3.8) is 0 Å². The van der Waals surface area contributed by atoms with Gasteiger partial charge in [-0.25, -0.2) is 0 Å². The highest BCUT2D eigenvalue weighted by Crippen LogP contribution is 2.28. The van der Waals surface area contributed by atoms with Crippen LogP contribution in [0.25, 0.3) is 0 Å². The van der Waals surface area contributed by atoms with Crippen molar-refractivity contribution in [2.75, 3.05) is 10.6 Å². The van der Waals surface area contributed by atoms with Gasteiger partial charge in [0.25, 0.3) is 0 Å². The molecule has 3 nitrogen and oxygen atoms in total. The number of rotatable bonds is 6. The van der Waals surface area contributed by atoms with E-state index in [0.29, 0.717) is 11.8 Å². The minimum absolute atomic E-state index is 0.0886. The summed E-state index contributed by atoms with van der Waals surface area (Å²) < 4.78 is 0. The number of anilines is 1. The summed E-state index contributed by atoms with van der Waals surface area (Å²) in [5, 5.41) is 3.05. The zero-order valence-electron chi connectivity index (χ0n) is 12.5. The molecule has 0 bridgehead atoms. The number of alkyl halides is 1. The Hall–Kier alpha value is -1.16. The number of amides is 1. The molecule has 4 heteroatoms. The summed E-state index contributed by atoms with van der Waals surface area (Å²) in [6, 6.07) is 6.09. The van der Waals surface area contributed by atoms with E-state index >= 15 is 0 Å². The van der Waals surface area contributed by atoms with Crippen LogP contribution in [0.5, 0.6) is 0 Å². The zero-order chi connectivity index (χ0) is 15.3. The van der Waals surface area contributed by atoms with Crippen LogP contribution in [0.4, 0.5) is 5.69 Å². The fraction of sp³-hybridized carbons (Fsp3) is 0.500.